The molecule has 0 radical (unpaired) electrons. The molecule has 630 valence electrons. The first-order valence-corrected chi connectivity index (χ1v) is 38.4. The Hall–Kier alpha value is -10.0. The van der Waals surface area contributed by atoms with Crippen molar-refractivity contribution in [2.75, 3.05) is 19.8 Å². The van der Waals surface area contributed by atoms with Crippen LogP contribution >= 0.6 is 0 Å². The van der Waals surface area contributed by atoms with E-state index < -0.39 is 218 Å². The van der Waals surface area contributed by atoms with Crippen molar-refractivity contribution in [3.05, 3.63) is 36.0 Å². The highest BCUT2D eigenvalue weighted by Gasteiger charge is 2.40. The molecule has 2 aromatic rings. The number of carboxylic acid groups (broad SMARTS) is 2. The first-order chi connectivity index (χ1) is 52.5. The van der Waals surface area contributed by atoms with Crippen LogP contribution in [0.15, 0.2) is 35.5 Å². The van der Waals surface area contributed by atoms with Gasteiger partial charge in [0.05, 0.1) is 19.3 Å². The molecule has 0 aliphatic rings. The van der Waals surface area contributed by atoms with E-state index in [4.69, 9.17) is 22.9 Å². The van der Waals surface area contributed by atoms with Gasteiger partial charge >= 0.3 is 11.9 Å². The molecule has 1 aromatic carbocycles. The number of hydrogen-bond donors (Lipinski definition) is 21. The van der Waals surface area contributed by atoms with Crippen LogP contribution in [0.2, 0.25) is 0 Å². The number of H-pyrrole nitrogens is 1. The summed E-state index contributed by atoms with van der Waals surface area (Å²) in [5.74, 6) is -17.4. The summed E-state index contributed by atoms with van der Waals surface area (Å²) in [5, 5.41) is 71.8. The normalized spacial score (nSPS) is 15.5. The van der Waals surface area contributed by atoms with Gasteiger partial charge in [-0.1, -0.05) is 128 Å². The summed E-state index contributed by atoms with van der Waals surface area (Å²) in [6, 6.07) is -12.1. The number of hydrogen-bond acceptors (Lipinski definition) is 19. The van der Waals surface area contributed by atoms with Gasteiger partial charge in [-0.2, -0.15) is 0 Å². The highest BCUT2D eigenvalue weighted by molar-refractivity contribution is 6.00. The zero-order valence-electron chi connectivity index (χ0n) is 67.1. The lowest BCUT2D eigenvalue weighted by Gasteiger charge is -2.30. The molecule has 0 unspecified atom stereocenters. The minimum atomic E-state index is -1.88. The van der Waals surface area contributed by atoms with Gasteiger partial charge < -0.3 is 112 Å². The second-order valence-electron chi connectivity index (χ2n) is 30.8. The van der Waals surface area contributed by atoms with Crippen molar-refractivity contribution >= 4 is 106 Å². The molecule has 0 fully saturated rings. The number of fused-ring (bicyclic) bond motifs is 1. The molecule has 1 heterocycles. The maximum Gasteiger partial charge on any atom is 0.326 e. The first kappa shape index (κ1) is 98.0. The fourth-order valence-corrected chi connectivity index (χ4v) is 12.0. The lowest BCUT2D eigenvalue weighted by atomic mass is 9.95. The van der Waals surface area contributed by atoms with Crippen LogP contribution in [0, 0.1) is 41.4 Å². The Morgan fingerprint density at radius 1 is 0.411 bits per heavy atom. The van der Waals surface area contributed by atoms with Crippen LogP contribution in [-0.4, -0.2) is 218 Å². The lowest BCUT2D eigenvalue weighted by Crippen LogP contribution is -2.62. The summed E-state index contributed by atoms with van der Waals surface area (Å²) in [4.78, 5) is 214. The van der Waals surface area contributed by atoms with Gasteiger partial charge in [-0.25, -0.2) is 4.79 Å². The summed E-state index contributed by atoms with van der Waals surface area (Å²) < 4.78 is 0. The molecule has 0 saturated heterocycles. The van der Waals surface area contributed by atoms with Gasteiger partial charge in [-0.05, 0) is 111 Å². The second kappa shape index (κ2) is 49.4. The molecular weight excluding hydrogens is 1460 g/mol. The number of para-hydroxylation sites is 1. The number of benzene rings is 1. The number of aromatic amines is 1. The molecule has 1 aromatic heterocycles. The van der Waals surface area contributed by atoms with Crippen molar-refractivity contribution in [2.24, 2.45) is 69.4 Å². The van der Waals surface area contributed by atoms with Gasteiger partial charge in [0, 0.05) is 42.9 Å². The van der Waals surface area contributed by atoms with Crippen molar-refractivity contribution in [1.29, 1.82) is 0 Å². The van der Waals surface area contributed by atoms with Crippen LogP contribution in [0.25, 0.3) is 10.9 Å². The summed E-state index contributed by atoms with van der Waals surface area (Å²) in [5.41, 5.74) is 23.8. The molecule has 13 amide bonds. The quantitative estimate of drug-likeness (QED) is 0.0202. The van der Waals surface area contributed by atoms with Crippen molar-refractivity contribution < 1.29 is 92.3 Å². The molecule has 112 heavy (non-hydrogen) atoms. The molecule has 25 N–H and O–H groups in total. The number of nitrogens with zero attached hydrogens (tertiary/aromatic N) is 1. The molecule has 0 bridgehead atoms. The maximum atomic E-state index is 14.7. The van der Waals surface area contributed by atoms with Gasteiger partial charge in [-0.3, -0.25) is 72.1 Å². The second-order valence-corrected chi connectivity index (χ2v) is 30.8. The molecule has 0 aliphatic carbocycles. The predicted molar refractivity (Wildman–Crippen MR) is 416 cm³/mol. The van der Waals surface area contributed by atoms with Gasteiger partial charge in [0.25, 0.3) is 0 Å². The smallest absolute Gasteiger partial charge is 0.326 e. The summed E-state index contributed by atoms with van der Waals surface area (Å²) in [6.45, 7) is 22.5. The van der Waals surface area contributed by atoms with Gasteiger partial charge in [0.1, 0.15) is 72.5 Å². The third kappa shape index (κ3) is 35.1. The Morgan fingerprint density at radius 3 is 1.15 bits per heavy atom. The number of nitrogens with two attached hydrogens (primary N) is 4. The van der Waals surface area contributed by atoms with E-state index in [0.29, 0.717) is 29.3 Å². The Balaban J connectivity index is 2.50. The Labute approximate surface area is 654 Å². The standard InChI is InChI=1S/C75H126N18O19/c1-15-42(13)60(72(109)83-49(23-25-58(77)96)63(100)90-56(35-94)70(107)89-55(33-44-34-81-47-21-18-17-20-45(44)47)68(105)86-51(29-38(5)6)65(102)84-50(74(111)112)24-26-59(97)98)93-69(106)54(32-41(11)12)87-66(103)52(30-39(7)8)85-67(104)53(31-40(9)10)88-71(108)57(36-95)91-73(110)61(43(14)16-2)92-64(101)48(22-19-27-80-75(78)79)82-62(99)46(76)28-37(3)4/h17-18,20-21,34,37-43,46,48-57,60-61,81,94-95H,15-16,19,22-33,35-36,76H2,1-14H3,(H2,77,96)(H,82,99)(H,83,109)(H,84,102)(H,85,104)(H,86,105)(H,87,103)(H,88,108)(H,89,107)(H,90,100)(H,91,110)(H,92,101)(H,93,106)(H,97,98)(H,111,112)(H4,78,79,80)/t42-,43-,46-,48-,49-,50-,51-,52-,53-,54-,55-,56-,57-,60-,61-/m0/s1. The zero-order chi connectivity index (χ0) is 85.0. The number of carbonyl (C=O) groups is 15. The zero-order valence-corrected chi connectivity index (χ0v) is 67.1. The van der Waals surface area contributed by atoms with Crippen molar-refractivity contribution in [3.8, 4) is 0 Å². The molecular formula is C75H126N18O19. The van der Waals surface area contributed by atoms with Gasteiger partial charge in [0.15, 0.2) is 5.96 Å². The fourth-order valence-electron chi connectivity index (χ4n) is 12.0. The Kier molecular flexibility index (Phi) is 43.2. The van der Waals surface area contributed by atoms with Crippen LogP contribution in [-0.2, 0) is 78.3 Å². The molecule has 15 atom stereocenters. The van der Waals surface area contributed by atoms with E-state index in [2.05, 4.69) is 73.8 Å². The maximum absolute atomic E-state index is 14.7. The average molecular weight is 1580 g/mol. The summed E-state index contributed by atoms with van der Waals surface area (Å²) in [6.07, 6.45) is 0.240. The number of amides is 13. The van der Waals surface area contributed by atoms with Crippen LogP contribution in [0.5, 0.6) is 0 Å². The van der Waals surface area contributed by atoms with Crippen LogP contribution in [0.3, 0.4) is 0 Å². The number of aliphatic hydroxyl groups is 2. The largest absolute Gasteiger partial charge is 0.481 e. The minimum absolute atomic E-state index is 0.0112. The molecule has 0 saturated carbocycles. The minimum Gasteiger partial charge on any atom is -0.481 e. The molecule has 37 heteroatoms. The number of carboxylic acids is 2. The van der Waals surface area contributed by atoms with Crippen LogP contribution < -0.4 is 86.7 Å². The van der Waals surface area contributed by atoms with E-state index in [1.54, 1.807) is 114 Å². The number of nitrogens with one attached hydrogen (secondary N) is 13. The van der Waals surface area contributed by atoms with Crippen molar-refractivity contribution in [3.63, 3.8) is 0 Å². The molecule has 37 nitrogen and oxygen atoms in total. The van der Waals surface area contributed by atoms with Gasteiger partial charge in [0.2, 0.25) is 76.8 Å². The van der Waals surface area contributed by atoms with Crippen molar-refractivity contribution in [1.82, 2.24) is 68.8 Å². The number of carbonyl (C=O) groups excluding carboxylic acids is 13. The number of primary amides is 1. The predicted octanol–water partition coefficient (Wildman–Crippen LogP) is -1.57. The number of rotatable bonds is 53. The van der Waals surface area contributed by atoms with E-state index >= 15 is 0 Å². The number of aromatic nitrogens is 1. The SMILES string of the molecule is CC[C@H](C)[C@H](NC(=O)[C@H](CC(C)C)NC(=O)[C@H](CC(C)C)NC(=O)[C@H](CC(C)C)NC(=O)[C@H](CO)NC(=O)[C@@H](NC(=O)[C@H](CCCN=C(N)N)NC(=O)[C@@H](N)CC(C)C)[C@@H](C)CC)C(=O)N[C@@H](CCC(N)=O)C(=O)N[C@@H](CO)C(=O)N[C@@H](Cc1c[nH]c2ccccc12)C(=O)N[C@@H](CC(C)C)C(=O)N[C@@H](CCC(=O)O)C(=O)O. The topological polar surface area (TPSA) is 614 Å². The first-order valence-electron chi connectivity index (χ1n) is 38.4. The number of aliphatic hydroxyl groups excluding tert-OH is 2. The van der Waals surface area contributed by atoms with Crippen LogP contribution in [0.4, 0.5) is 0 Å². The molecule has 0 aliphatic heterocycles. The van der Waals surface area contributed by atoms with E-state index in [1.807, 2.05) is 13.8 Å². The average Bonchev–Trinajstić information content (AvgIpc) is 1.64. The summed E-state index contributed by atoms with van der Waals surface area (Å²) in [7, 11) is 0. The third-order valence-corrected chi connectivity index (χ3v) is 18.5. The molecule has 2 rings (SSSR count). The van der Waals surface area contributed by atoms with Crippen molar-refractivity contribution in [2.45, 2.75) is 265 Å². The van der Waals surface area contributed by atoms with E-state index in [-0.39, 0.29) is 93.5 Å². The molecule has 0 spiro atoms. The highest BCUT2D eigenvalue weighted by atomic mass is 16.4. The van der Waals surface area contributed by atoms with E-state index in [1.165, 1.54) is 0 Å². The summed E-state index contributed by atoms with van der Waals surface area (Å²) >= 11 is 0. The van der Waals surface area contributed by atoms with E-state index in [9.17, 15) is 92.3 Å². The number of aliphatic imine (C=N–C) groups is 1. The fraction of sp³-hybridized carbons (Fsp3) is 0.680. The van der Waals surface area contributed by atoms with Gasteiger partial charge in [-0.15, -0.1) is 0 Å². The van der Waals surface area contributed by atoms with Crippen LogP contribution in [0.1, 0.15) is 186 Å². The monoisotopic (exact) mass is 1580 g/mol. The Morgan fingerprint density at radius 2 is 0.750 bits per heavy atom. The Bertz CT molecular complexity index is 3510. The van der Waals surface area contributed by atoms with E-state index in [0.717, 1.165) is 0 Å². The number of guanidine groups is 1. The lowest BCUT2D eigenvalue weighted by molar-refractivity contribution is -0.143. The highest BCUT2D eigenvalue weighted by Crippen LogP contribution is 2.21. The number of aliphatic carboxylic acids is 2. The third-order valence-electron chi connectivity index (χ3n) is 18.5.